The van der Waals surface area contributed by atoms with Gasteiger partial charge in [0.1, 0.15) is 0 Å². The molecule has 1 aliphatic heterocycles. The SMILES string of the molecule is Nc1ccc(C(=O)N2CCCC(C(=O)NCC3CC3)C2)cc1. The van der Waals surface area contributed by atoms with Crippen LogP contribution in [0.25, 0.3) is 0 Å². The van der Waals surface area contributed by atoms with Gasteiger partial charge in [-0.15, -0.1) is 0 Å². The van der Waals surface area contributed by atoms with Gasteiger partial charge >= 0.3 is 0 Å². The van der Waals surface area contributed by atoms with Gasteiger partial charge in [-0.25, -0.2) is 0 Å². The number of nitrogens with zero attached hydrogens (tertiary/aromatic N) is 1. The summed E-state index contributed by atoms with van der Waals surface area (Å²) in [6.45, 7) is 2.02. The molecule has 1 aliphatic carbocycles. The summed E-state index contributed by atoms with van der Waals surface area (Å²) in [6, 6.07) is 6.96. The lowest BCUT2D eigenvalue weighted by molar-refractivity contribution is -0.126. The molecule has 1 aromatic carbocycles. The van der Waals surface area contributed by atoms with Crippen molar-refractivity contribution >= 4 is 17.5 Å². The molecule has 3 N–H and O–H groups in total. The number of anilines is 1. The van der Waals surface area contributed by atoms with Crippen LogP contribution in [0.5, 0.6) is 0 Å². The van der Waals surface area contributed by atoms with Gasteiger partial charge in [-0.05, 0) is 55.9 Å². The lowest BCUT2D eigenvalue weighted by Crippen LogP contribution is -2.45. The second-order valence-corrected chi connectivity index (χ2v) is 6.40. The average Bonchev–Trinajstić information content (AvgIpc) is 3.37. The third-order valence-electron chi connectivity index (χ3n) is 4.50. The topological polar surface area (TPSA) is 75.4 Å². The van der Waals surface area contributed by atoms with Gasteiger partial charge in [-0.1, -0.05) is 0 Å². The molecule has 5 nitrogen and oxygen atoms in total. The van der Waals surface area contributed by atoms with E-state index in [1.165, 1.54) is 12.8 Å². The molecule has 1 saturated heterocycles. The fourth-order valence-electron chi connectivity index (χ4n) is 2.90. The lowest BCUT2D eigenvalue weighted by atomic mass is 9.96. The van der Waals surface area contributed by atoms with E-state index in [1.807, 2.05) is 0 Å². The zero-order valence-electron chi connectivity index (χ0n) is 12.8. The second kappa shape index (κ2) is 6.38. The standard InChI is InChI=1S/C17H23N3O2/c18-15-7-5-13(6-8-15)17(22)20-9-1-2-14(11-20)16(21)19-10-12-3-4-12/h5-8,12,14H,1-4,9-11,18H2,(H,19,21). The van der Waals surface area contributed by atoms with E-state index in [1.54, 1.807) is 29.2 Å². The molecule has 0 spiro atoms. The van der Waals surface area contributed by atoms with Crippen LogP contribution in [-0.4, -0.2) is 36.3 Å². The normalized spacial score (nSPS) is 21.5. The first-order chi connectivity index (χ1) is 10.6. The molecule has 118 valence electrons. The fourth-order valence-corrected chi connectivity index (χ4v) is 2.90. The summed E-state index contributed by atoms with van der Waals surface area (Å²) < 4.78 is 0. The van der Waals surface area contributed by atoms with Crippen molar-refractivity contribution in [3.05, 3.63) is 29.8 Å². The number of piperidine rings is 1. The molecule has 2 aliphatic rings. The summed E-state index contributed by atoms with van der Waals surface area (Å²) in [7, 11) is 0. The minimum Gasteiger partial charge on any atom is -0.399 e. The van der Waals surface area contributed by atoms with Gasteiger partial charge in [0.05, 0.1) is 5.92 Å². The van der Waals surface area contributed by atoms with Gasteiger partial charge in [-0.2, -0.15) is 0 Å². The number of carbonyl (C=O) groups excluding carboxylic acids is 2. The lowest BCUT2D eigenvalue weighted by Gasteiger charge is -2.32. The third-order valence-corrected chi connectivity index (χ3v) is 4.50. The van der Waals surface area contributed by atoms with Gasteiger partial charge in [-0.3, -0.25) is 9.59 Å². The maximum Gasteiger partial charge on any atom is 0.253 e. The molecule has 5 heteroatoms. The van der Waals surface area contributed by atoms with Crippen LogP contribution in [0.4, 0.5) is 5.69 Å². The summed E-state index contributed by atoms with van der Waals surface area (Å²) in [5.41, 5.74) is 6.93. The fraction of sp³-hybridized carbons (Fsp3) is 0.529. The summed E-state index contributed by atoms with van der Waals surface area (Å²) >= 11 is 0. The first-order valence-electron chi connectivity index (χ1n) is 8.06. The van der Waals surface area contributed by atoms with Crippen molar-refractivity contribution in [2.75, 3.05) is 25.4 Å². The Labute approximate surface area is 130 Å². The van der Waals surface area contributed by atoms with Gasteiger partial charge in [0.15, 0.2) is 0 Å². The molecule has 1 aromatic rings. The van der Waals surface area contributed by atoms with Crippen molar-refractivity contribution in [3.63, 3.8) is 0 Å². The van der Waals surface area contributed by atoms with E-state index in [-0.39, 0.29) is 17.7 Å². The molecule has 0 radical (unpaired) electrons. The Balaban J connectivity index is 1.58. The number of nitrogen functional groups attached to an aromatic ring is 1. The Morgan fingerprint density at radius 2 is 1.91 bits per heavy atom. The number of carbonyl (C=O) groups is 2. The van der Waals surface area contributed by atoms with Crippen LogP contribution in [0.2, 0.25) is 0 Å². The second-order valence-electron chi connectivity index (χ2n) is 6.40. The molecule has 0 aromatic heterocycles. The average molecular weight is 301 g/mol. The van der Waals surface area contributed by atoms with Crippen molar-refractivity contribution in [2.24, 2.45) is 11.8 Å². The molecule has 22 heavy (non-hydrogen) atoms. The molecule has 3 rings (SSSR count). The molecule has 2 amide bonds. The van der Waals surface area contributed by atoms with Crippen molar-refractivity contribution in [3.8, 4) is 0 Å². The van der Waals surface area contributed by atoms with Crippen LogP contribution < -0.4 is 11.1 Å². The van der Waals surface area contributed by atoms with Crippen LogP contribution in [0.3, 0.4) is 0 Å². The quantitative estimate of drug-likeness (QED) is 0.830. The first kappa shape index (κ1) is 14.9. The predicted molar refractivity (Wildman–Crippen MR) is 85.2 cm³/mol. The van der Waals surface area contributed by atoms with E-state index in [4.69, 9.17) is 5.73 Å². The van der Waals surface area contributed by atoms with E-state index < -0.39 is 0 Å². The Kier molecular flexibility index (Phi) is 4.32. The highest BCUT2D eigenvalue weighted by molar-refractivity contribution is 5.95. The highest BCUT2D eigenvalue weighted by Gasteiger charge is 2.30. The number of benzene rings is 1. The summed E-state index contributed by atoms with van der Waals surface area (Å²) in [5, 5.41) is 3.03. The number of hydrogen-bond donors (Lipinski definition) is 2. The van der Waals surface area contributed by atoms with Gasteiger partial charge < -0.3 is 16.0 Å². The van der Waals surface area contributed by atoms with Crippen LogP contribution >= 0.6 is 0 Å². The van der Waals surface area contributed by atoms with Crippen LogP contribution in [0.15, 0.2) is 24.3 Å². The number of amides is 2. The zero-order chi connectivity index (χ0) is 15.5. The van der Waals surface area contributed by atoms with E-state index in [2.05, 4.69) is 5.32 Å². The minimum absolute atomic E-state index is 0.0142. The summed E-state index contributed by atoms with van der Waals surface area (Å²) in [4.78, 5) is 26.5. The first-order valence-corrected chi connectivity index (χ1v) is 8.06. The number of rotatable bonds is 4. The van der Waals surface area contributed by atoms with Crippen LogP contribution in [0, 0.1) is 11.8 Å². The Bertz CT molecular complexity index is 552. The van der Waals surface area contributed by atoms with Crippen molar-refractivity contribution < 1.29 is 9.59 Å². The monoisotopic (exact) mass is 301 g/mol. The number of nitrogens with one attached hydrogen (secondary N) is 1. The summed E-state index contributed by atoms with van der Waals surface area (Å²) in [6.07, 6.45) is 4.20. The molecule has 1 unspecified atom stereocenters. The van der Waals surface area contributed by atoms with Crippen LogP contribution in [-0.2, 0) is 4.79 Å². The third kappa shape index (κ3) is 3.59. The number of likely N-dealkylation sites (tertiary alicyclic amines) is 1. The summed E-state index contributed by atoms with van der Waals surface area (Å²) in [5.74, 6) is 0.687. The molecular formula is C17H23N3O2. The molecule has 0 bridgehead atoms. The van der Waals surface area contributed by atoms with Crippen molar-refractivity contribution in [2.45, 2.75) is 25.7 Å². The minimum atomic E-state index is -0.0785. The van der Waals surface area contributed by atoms with Gasteiger partial charge in [0, 0.05) is 30.9 Å². The maximum absolute atomic E-state index is 12.5. The molecule has 2 fully saturated rings. The van der Waals surface area contributed by atoms with Crippen molar-refractivity contribution in [1.29, 1.82) is 0 Å². The van der Waals surface area contributed by atoms with E-state index in [0.717, 1.165) is 25.9 Å². The van der Waals surface area contributed by atoms with E-state index >= 15 is 0 Å². The Hall–Kier alpha value is -2.04. The van der Waals surface area contributed by atoms with Gasteiger partial charge in [0.2, 0.25) is 5.91 Å². The highest BCUT2D eigenvalue weighted by atomic mass is 16.2. The Morgan fingerprint density at radius 1 is 1.18 bits per heavy atom. The molecule has 1 heterocycles. The van der Waals surface area contributed by atoms with Crippen molar-refractivity contribution in [1.82, 2.24) is 10.2 Å². The van der Waals surface area contributed by atoms with Crippen LogP contribution in [0.1, 0.15) is 36.0 Å². The van der Waals surface area contributed by atoms with Gasteiger partial charge in [0.25, 0.3) is 5.91 Å². The molecule has 1 atom stereocenters. The molecule has 1 saturated carbocycles. The number of hydrogen-bond acceptors (Lipinski definition) is 3. The number of nitrogens with two attached hydrogens (primary N) is 1. The van der Waals surface area contributed by atoms with E-state index in [0.29, 0.717) is 23.7 Å². The zero-order valence-corrected chi connectivity index (χ0v) is 12.8. The largest absolute Gasteiger partial charge is 0.399 e. The smallest absolute Gasteiger partial charge is 0.253 e. The van der Waals surface area contributed by atoms with E-state index in [9.17, 15) is 9.59 Å². The maximum atomic E-state index is 12.5. The predicted octanol–water partition coefficient (Wildman–Crippen LogP) is 1.65. The highest BCUT2D eigenvalue weighted by Crippen LogP contribution is 2.28. The Morgan fingerprint density at radius 3 is 2.59 bits per heavy atom. The molecular weight excluding hydrogens is 278 g/mol.